The van der Waals surface area contributed by atoms with Crippen molar-refractivity contribution in [2.24, 2.45) is 5.92 Å². The summed E-state index contributed by atoms with van der Waals surface area (Å²) < 4.78 is 6.03. The second-order valence-corrected chi connectivity index (χ2v) is 8.31. The highest BCUT2D eigenvalue weighted by molar-refractivity contribution is 6.21. The van der Waals surface area contributed by atoms with E-state index in [1.807, 2.05) is 18.2 Å². The van der Waals surface area contributed by atoms with Gasteiger partial charge in [0.15, 0.2) is 0 Å². The predicted molar refractivity (Wildman–Crippen MR) is 108 cm³/mol. The smallest absolute Gasteiger partial charge is 0.261 e. The number of fused-ring (bicyclic) bond motifs is 1. The molecular weight excluding hydrogens is 350 g/mol. The number of benzene rings is 2. The average molecular weight is 377 g/mol. The van der Waals surface area contributed by atoms with Crippen molar-refractivity contribution in [1.29, 1.82) is 0 Å². The van der Waals surface area contributed by atoms with Gasteiger partial charge in [0, 0.05) is 18.6 Å². The lowest BCUT2D eigenvalue weighted by Gasteiger charge is -2.43. The SMILES string of the molecule is CC(C)[C@H]1C[C@](CCN2C(=O)c3ccccc3C2=O)(c2ccccc2)CCO1. The zero-order valence-electron chi connectivity index (χ0n) is 16.6. The number of imide groups is 1. The van der Waals surface area contributed by atoms with Crippen molar-refractivity contribution in [3.8, 4) is 0 Å². The number of hydrogen-bond acceptors (Lipinski definition) is 3. The molecule has 2 aromatic carbocycles. The van der Waals surface area contributed by atoms with Gasteiger partial charge in [-0.05, 0) is 42.9 Å². The molecule has 0 spiro atoms. The summed E-state index contributed by atoms with van der Waals surface area (Å²) in [6.45, 7) is 5.53. The van der Waals surface area contributed by atoms with Crippen LogP contribution in [0.15, 0.2) is 54.6 Å². The molecule has 2 amide bonds. The van der Waals surface area contributed by atoms with Crippen LogP contribution >= 0.6 is 0 Å². The van der Waals surface area contributed by atoms with Crippen LogP contribution in [0.1, 0.15) is 59.4 Å². The fraction of sp³-hybridized carbons (Fsp3) is 0.417. The van der Waals surface area contributed by atoms with Crippen molar-refractivity contribution >= 4 is 11.8 Å². The van der Waals surface area contributed by atoms with Gasteiger partial charge in [0.2, 0.25) is 0 Å². The predicted octanol–water partition coefficient (Wildman–Crippen LogP) is 4.45. The molecule has 0 radical (unpaired) electrons. The van der Waals surface area contributed by atoms with E-state index in [-0.39, 0.29) is 23.3 Å². The van der Waals surface area contributed by atoms with Crippen molar-refractivity contribution < 1.29 is 14.3 Å². The van der Waals surface area contributed by atoms with E-state index >= 15 is 0 Å². The van der Waals surface area contributed by atoms with E-state index in [0.717, 1.165) is 19.3 Å². The van der Waals surface area contributed by atoms with Crippen LogP contribution in [0.2, 0.25) is 0 Å². The Morgan fingerprint density at radius 1 is 1.00 bits per heavy atom. The van der Waals surface area contributed by atoms with E-state index in [2.05, 4.69) is 38.1 Å². The molecule has 2 aromatic rings. The molecule has 2 aliphatic rings. The Hall–Kier alpha value is -2.46. The third kappa shape index (κ3) is 3.26. The summed E-state index contributed by atoms with van der Waals surface area (Å²) in [5, 5.41) is 0. The molecule has 4 nitrogen and oxygen atoms in total. The molecule has 1 saturated heterocycles. The molecule has 4 heteroatoms. The van der Waals surface area contributed by atoms with Gasteiger partial charge >= 0.3 is 0 Å². The van der Waals surface area contributed by atoms with Crippen molar-refractivity contribution in [2.75, 3.05) is 13.2 Å². The quantitative estimate of drug-likeness (QED) is 0.724. The number of hydrogen-bond donors (Lipinski definition) is 0. The monoisotopic (exact) mass is 377 g/mol. The second-order valence-electron chi connectivity index (χ2n) is 8.31. The fourth-order valence-corrected chi connectivity index (χ4v) is 4.57. The molecular formula is C24H27NO3. The first kappa shape index (κ1) is 18.9. The highest BCUT2D eigenvalue weighted by Crippen LogP contribution is 2.42. The van der Waals surface area contributed by atoms with Gasteiger partial charge in [-0.3, -0.25) is 14.5 Å². The first-order valence-corrected chi connectivity index (χ1v) is 10.1. The molecule has 146 valence electrons. The number of nitrogens with zero attached hydrogens (tertiary/aromatic N) is 1. The summed E-state index contributed by atoms with van der Waals surface area (Å²) in [6, 6.07) is 17.6. The van der Waals surface area contributed by atoms with E-state index in [1.165, 1.54) is 10.5 Å². The van der Waals surface area contributed by atoms with Crippen LogP contribution in [0, 0.1) is 5.92 Å². The van der Waals surface area contributed by atoms with Crippen LogP contribution in [0.5, 0.6) is 0 Å². The van der Waals surface area contributed by atoms with Crippen molar-refractivity contribution in [3.05, 3.63) is 71.3 Å². The Morgan fingerprint density at radius 2 is 1.61 bits per heavy atom. The van der Waals surface area contributed by atoms with Gasteiger partial charge < -0.3 is 4.74 Å². The van der Waals surface area contributed by atoms with Gasteiger partial charge in [-0.2, -0.15) is 0 Å². The maximum atomic E-state index is 12.8. The minimum absolute atomic E-state index is 0.0796. The third-order valence-corrected chi connectivity index (χ3v) is 6.33. The highest BCUT2D eigenvalue weighted by atomic mass is 16.5. The van der Waals surface area contributed by atoms with E-state index < -0.39 is 0 Å². The molecule has 1 fully saturated rings. The second kappa shape index (κ2) is 7.51. The van der Waals surface area contributed by atoms with Gasteiger partial charge in [-0.1, -0.05) is 56.3 Å². The maximum absolute atomic E-state index is 12.8. The van der Waals surface area contributed by atoms with E-state index in [9.17, 15) is 9.59 Å². The molecule has 28 heavy (non-hydrogen) atoms. The summed E-state index contributed by atoms with van der Waals surface area (Å²) in [6.07, 6.45) is 2.77. The maximum Gasteiger partial charge on any atom is 0.261 e. The standard InChI is InChI=1S/C24H27NO3/c1-17(2)21-16-24(13-15-28-21,18-8-4-3-5-9-18)12-14-25-22(26)19-10-6-7-11-20(19)23(25)27/h3-11,17,21H,12-16H2,1-2H3/t21-,24-/m1/s1. The van der Waals surface area contributed by atoms with Crippen LogP contribution in [0.4, 0.5) is 0 Å². The lowest BCUT2D eigenvalue weighted by Crippen LogP contribution is -2.44. The Balaban J connectivity index is 1.59. The number of ether oxygens (including phenoxy) is 1. The molecule has 0 aromatic heterocycles. The Labute approximate surface area is 166 Å². The normalized spacial score (nSPS) is 24.7. The van der Waals surface area contributed by atoms with Crippen LogP contribution in [0.25, 0.3) is 0 Å². The van der Waals surface area contributed by atoms with Gasteiger partial charge in [-0.25, -0.2) is 0 Å². The lowest BCUT2D eigenvalue weighted by atomic mass is 9.68. The average Bonchev–Trinajstić information content (AvgIpc) is 2.98. The summed E-state index contributed by atoms with van der Waals surface area (Å²) in [5.41, 5.74) is 2.24. The number of rotatable bonds is 5. The molecule has 4 rings (SSSR count). The number of carbonyl (C=O) groups excluding carboxylic acids is 2. The highest BCUT2D eigenvalue weighted by Gasteiger charge is 2.42. The van der Waals surface area contributed by atoms with Crippen molar-refractivity contribution in [2.45, 2.75) is 44.6 Å². The Morgan fingerprint density at radius 3 is 2.21 bits per heavy atom. The van der Waals surface area contributed by atoms with Crippen LogP contribution < -0.4 is 0 Å². The van der Waals surface area contributed by atoms with E-state index in [1.54, 1.807) is 12.1 Å². The van der Waals surface area contributed by atoms with Crippen LogP contribution in [-0.4, -0.2) is 36.0 Å². The van der Waals surface area contributed by atoms with E-state index in [0.29, 0.717) is 30.2 Å². The first-order valence-electron chi connectivity index (χ1n) is 10.1. The molecule has 0 unspecified atom stereocenters. The number of amides is 2. The molecule has 0 bridgehead atoms. The lowest BCUT2D eigenvalue weighted by molar-refractivity contribution is -0.0478. The molecule has 0 aliphatic carbocycles. The molecule has 2 aliphatic heterocycles. The van der Waals surface area contributed by atoms with E-state index in [4.69, 9.17) is 4.74 Å². The molecule has 2 atom stereocenters. The van der Waals surface area contributed by atoms with Gasteiger partial charge in [-0.15, -0.1) is 0 Å². The third-order valence-electron chi connectivity index (χ3n) is 6.33. The minimum atomic E-state index is -0.170. The Kier molecular flexibility index (Phi) is 5.07. The van der Waals surface area contributed by atoms with Gasteiger partial charge in [0.1, 0.15) is 0 Å². The topological polar surface area (TPSA) is 46.6 Å². The summed E-state index contributed by atoms with van der Waals surface area (Å²) in [4.78, 5) is 27.0. The summed E-state index contributed by atoms with van der Waals surface area (Å²) in [7, 11) is 0. The minimum Gasteiger partial charge on any atom is -0.378 e. The van der Waals surface area contributed by atoms with Crippen molar-refractivity contribution in [1.82, 2.24) is 4.90 Å². The largest absolute Gasteiger partial charge is 0.378 e. The summed E-state index contributed by atoms with van der Waals surface area (Å²) in [5.74, 6) is 0.0928. The Bertz CT molecular complexity index is 841. The number of carbonyl (C=O) groups is 2. The van der Waals surface area contributed by atoms with Crippen molar-refractivity contribution in [3.63, 3.8) is 0 Å². The van der Waals surface area contributed by atoms with Gasteiger partial charge in [0.25, 0.3) is 11.8 Å². The zero-order valence-corrected chi connectivity index (χ0v) is 16.6. The molecule has 2 heterocycles. The molecule has 0 N–H and O–H groups in total. The zero-order chi connectivity index (χ0) is 19.7. The van der Waals surface area contributed by atoms with Gasteiger partial charge in [0.05, 0.1) is 17.2 Å². The van der Waals surface area contributed by atoms with Crippen LogP contribution in [0.3, 0.4) is 0 Å². The molecule has 0 saturated carbocycles. The summed E-state index contributed by atoms with van der Waals surface area (Å²) >= 11 is 0. The first-order chi connectivity index (χ1) is 13.5. The van der Waals surface area contributed by atoms with Crippen LogP contribution in [-0.2, 0) is 10.2 Å². The fourth-order valence-electron chi connectivity index (χ4n) is 4.57.